The Morgan fingerprint density at radius 1 is 1.20 bits per heavy atom. The fourth-order valence-corrected chi connectivity index (χ4v) is 4.12. The first-order valence-electron chi connectivity index (χ1n) is 9.18. The van der Waals surface area contributed by atoms with Gasteiger partial charge >= 0.3 is 0 Å². The van der Waals surface area contributed by atoms with Crippen molar-refractivity contribution in [1.82, 2.24) is 9.80 Å². The summed E-state index contributed by atoms with van der Waals surface area (Å²) >= 11 is 6.33. The molecular weight excluding hydrogens is 338 g/mol. The highest BCUT2D eigenvalue weighted by atomic mass is 35.5. The lowest BCUT2D eigenvalue weighted by Gasteiger charge is -2.40. The van der Waals surface area contributed by atoms with Crippen LogP contribution in [0.1, 0.15) is 31.4 Å². The van der Waals surface area contributed by atoms with Crippen LogP contribution in [0.2, 0.25) is 5.02 Å². The average molecular weight is 366 g/mol. The first-order valence-corrected chi connectivity index (χ1v) is 9.56. The van der Waals surface area contributed by atoms with Crippen molar-refractivity contribution in [1.29, 1.82) is 0 Å². The molecule has 0 bridgehead atoms. The van der Waals surface area contributed by atoms with Crippen LogP contribution in [0.15, 0.2) is 24.3 Å². The van der Waals surface area contributed by atoms with E-state index in [1.54, 1.807) is 0 Å². The van der Waals surface area contributed by atoms with Crippen LogP contribution in [0.5, 0.6) is 0 Å². The number of hydrogen-bond acceptors (Lipinski definition) is 4. The summed E-state index contributed by atoms with van der Waals surface area (Å²) < 4.78 is 5.37. The Kier molecular flexibility index (Phi) is 6.34. The van der Waals surface area contributed by atoms with Crippen LogP contribution in [-0.2, 0) is 9.53 Å². The molecule has 2 aliphatic heterocycles. The van der Waals surface area contributed by atoms with E-state index in [2.05, 4.69) is 17.9 Å². The predicted molar refractivity (Wildman–Crippen MR) is 99.5 cm³/mol. The molecule has 138 valence electrons. The van der Waals surface area contributed by atoms with Gasteiger partial charge in [0, 0.05) is 50.5 Å². The zero-order valence-electron chi connectivity index (χ0n) is 14.9. The topological polar surface area (TPSA) is 58.8 Å². The molecule has 1 aromatic carbocycles. The summed E-state index contributed by atoms with van der Waals surface area (Å²) in [6.07, 6.45) is 1.77. The summed E-state index contributed by atoms with van der Waals surface area (Å²) in [6.45, 7) is 6.75. The SMILES string of the molecule is CC(c1ccccc1Cl)N1CCN(C(=O)C(N)C2CCOCC2)CC1. The summed E-state index contributed by atoms with van der Waals surface area (Å²) in [6, 6.07) is 7.83. The Hall–Kier alpha value is -1.14. The van der Waals surface area contributed by atoms with E-state index in [0.29, 0.717) is 0 Å². The van der Waals surface area contributed by atoms with Crippen LogP contribution in [0.3, 0.4) is 0 Å². The average Bonchev–Trinajstić information content (AvgIpc) is 2.67. The molecule has 3 rings (SSSR count). The number of nitrogens with zero attached hydrogens (tertiary/aromatic N) is 2. The summed E-state index contributed by atoms with van der Waals surface area (Å²) in [5.41, 5.74) is 7.39. The Morgan fingerprint density at radius 3 is 2.48 bits per heavy atom. The first kappa shape index (κ1) is 18.6. The fourth-order valence-electron chi connectivity index (χ4n) is 3.83. The second-order valence-electron chi connectivity index (χ2n) is 7.03. The van der Waals surface area contributed by atoms with Gasteiger partial charge in [-0.2, -0.15) is 0 Å². The molecule has 2 aliphatic rings. The first-order chi connectivity index (χ1) is 12.1. The van der Waals surface area contributed by atoms with Crippen molar-refractivity contribution in [3.63, 3.8) is 0 Å². The minimum absolute atomic E-state index is 0.0944. The maximum atomic E-state index is 12.7. The summed E-state index contributed by atoms with van der Waals surface area (Å²) in [7, 11) is 0. The lowest BCUT2D eigenvalue weighted by molar-refractivity contribution is -0.136. The lowest BCUT2D eigenvalue weighted by Crippen LogP contribution is -2.55. The van der Waals surface area contributed by atoms with E-state index in [-0.39, 0.29) is 17.9 Å². The zero-order chi connectivity index (χ0) is 17.8. The number of nitrogens with two attached hydrogens (primary N) is 1. The number of carbonyl (C=O) groups is 1. The normalized spacial score (nSPS) is 22.6. The Bertz CT molecular complexity index is 584. The molecule has 1 amide bonds. The van der Waals surface area contributed by atoms with Gasteiger partial charge in [-0.05, 0) is 37.3 Å². The van der Waals surface area contributed by atoms with E-state index in [1.165, 1.54) is 0 Å². The van der Waals surface area contributed by atoms with Crippen LogP contribution >= 0.6 is 11.6 Å². The van der Waals surface area contributed by atoms with Crippen molar-refractivity contribution in [2.24, 2.45) is 11.7 Å². The summed E-state index contributed by atoms with van der Waals surface area (Å²) in [5, 5.41) is 0.801. The molecule has 2 fully saturated rings. The van der Waals surface area contributed by atoms with E-state index < -0.39 is 6.04 Å². The van der Waals surface area contributed by atoms with E-state index in [4.69, 9.17) is 22.1 Å². The van der Waals surface area contributed by atoms with Gasteiger partial charge in [-0.15, -0.1) is 0 Å². The molecule has 0 aromatic heterocycles. The molecule has 0 spiro atoms. The number of carbonyl (C=O) groups excluding carboxylic acids is 1. The van der Waals surface area contributed by atoms with Crippen LogP contribution in [0, 0.1) is 5.92 Å². The van der Waals surface area contributed by atoms with Crippen molar-refractivity contribution in [2.45, 2.75) is 31.8 Å². The van der Waals surface area contributed by atoms with Gasteiger partial charge in [0.1, 0.15) is 0 Å². The Morgan fingerprint density at radius 2 is 1.84 bits per heavy atom. The number of ether oxygens (including phenoxy) is 1. The van der Waals surface area contributed by atoms with Gasteiger partial charge in [-0.1, -0.05) is 29.8 Å². The van der Waals surface area contributed by atoms with E-state index in [0.717, 1.165) is 62.8 Å². The molecule has 5 nitrogen and oxygen atoms in total. The van der Waals surface area contributed by atoms with Crippen LogP contribution in [0.25, 0.3) is 0 Å². The van der Waals surface area contributed by atoms with E-state index >= 15 is 0 Å². The van der Waals surface area contributed by atoms with Gasteiger partial charge < -0.3 is 15.4 Å². The number of benzene rings is 1. The summed E-state index contributed by atoms with van der Waals surface area (Å²) in [4.78, 5) is 17.0. The van der Waals surface area contributed by atoms with Crippen molar-refractivity contribution in [3.8, 4) is 0 Å². The minimum Gasteiger partial charge on any atom is -0.381 e. The molecule has 2 atom stereocenters. The van der Waals surface area contributed by atoms with Crippen LogP contribution in [0.4, 0.5) is 0 Å². The lowest BCUT2D eigenvalue weighted by atomic mass is 9.91. The van der Waals surface area contributed by atoms with Crippen LogP contribution in [-0.4, -0.2) is 61.1 Å². The second kappa shape index (κ2) is 8.49. The molecule has 6 heteroatoms. The third kappa shape index (κ3) is 4.34. The number of hydrogen-bond donors (Lipinski definition) is 1. The maximum Gasteiger partial charge on any atom is 0.239 e. The standard InChI is InChI=1S/C19H28ClN3O2/c1-14(16-4-2-3-5-17(16)20)22-8-10-23(11-9-22)19(24)18(21)15-6-12-25-13-7-15/h2-5,14-15,18H,6-13,21H2,1H3. The van der Waals surface area contributed by atoms with Gasteiger partial charge in [-0.3, -0.25) is 9.69 Å². The third-order valence-electron chi connectivity index (χ3n) is 5.59. The number of halogens is 1. The van der Waals surface area contributed by atoms with Crippen molar-refractivity contribution in [3.05, 3.63) is 34.9 Å². The Labute approximate surface area is 155 Å². The molecule has 0 saturated carbocycles. The highest BCUT2D eigenvalue weighted by Gasteiger charge is 2.32. The molecular formula is C19H28ClN3O2. The molecule has 2 unspecified atom stereocenters. The highest BCUT2D eigenvalue weighted by molar-refractivity contribution is 6.31. The molecule has 2 N–H and O–H groups in total. The number of amides is 1. The number of rotatable bonds is 4. The highest BCUT2D eigenvalue weighted by Crippen LogP contribution is 2.28. The maximum absolute atomic E-state index is 12.7. The molecule has 0 aliphatic carbocycles. The zero-order valence-corrected chi connectivity index (χ0v) is 15.6. The number of piperazine rings is 1. The molecule has 1 aromatic rings. The molecule has 0 radical (unpaired) electrons. The van der Waals surface area contributed by atoms with Gasteiger partial charge in [-0.25, -0.2) is 0 Å². The van der Waals surface area contributed by atoms with Gasteiger partial charge in [0.05, 0.1) is 6.04 Å². The second-order valence-corrected chi connectivity index (χ2v) is 7.44. The van der Waals surface area contributed by atoms with E-state index in [1.807, 2.05) is 23.1 Å². The smallest absolute Gasteiger partial charge is 0.239 e. The van der Waals surface area contributed by atoms with Gasteiger partial charge in [0.2, 0.25) is 5.91 Å². The van der Waals surface area contributed by atoms with Crippen molar-refractivity contribution < 1.29 is 9.53 Å². The fraction of sp³-hybridized carbons (Fsp3) is 0.632. The monoisotopic (exact) mass is 365 g/mol. The van der Waals surface area contributed by atoms with Crippen molar-refractivity contribution in [2.75, 3.05) is 39.4 Å². The third-order valence-corrected chi connectivity index (χ3v) is 5.93. The largest absolute Gasteiger partial charge is 0.381 e. The van der Waals surface area contributed by atoms with Gasteiger partial charge in [0.25, 0.3) is 0 Å². The minimum atomic E-state index is -0.392. The van der Waals surface area contributed by atoms with Crippen LogP contribution < -0.4 is 5.73 Å². The van der Waals surface area contributed by atoms with Gasteiger partial charge in [0.15, 0.2) is 0 Å². The van der Waals surface area contributed by atoms with Crippen molar-refractivity contribution >= 4 is 17.5 Å². The summed E-state index contributed by atoms with van der Waals surface area (Å²) in [5.74, 6) is 0.346. The molecule has 25 heavy (non-hydrogen) atoms. The quantitative estimate of drug-likeness (QED) is 0.889. The molecule has 2 saturated heterocycles. The Balaban J connectivity index is 1.54. The predicted octanol–water partition coefficient (Wildman–Crippen LogP) is 2.30. The molecule has 2 heterocycles. The van der Waals surface area contributed by atoms with E-state index in [9.17, 15) is 4.79 Å².